The van der Waals surface area contributed by atoms with Crippen molar-refractivity contribution in [2.24, 2.45) is 0 Å². The molecule has 0 atom stereocenters. The van der Waals surface area contributed by atoms with Crippen LogP contribution in [0.2, 0.25) is 0 Å². The van der Waals surface area contributed by atoms with E-state index in [-0.39, 0.29) is 36.7 Å². The van der Waals surface area contributed by atoms with Gasteiger partial charge in [-0.2, -0.15) is 24.0 Å². The van der Waals surface area contributed by atoms with Crippen molar-refractivity contribution in [2.75, 3.05) is 0 Å². The molecule has 8 heteroatoms. The molecule has 3 nitrogen and oxygen atoms in total. The molecule has 0 amide bonds. The van der Waals surface area contributed by atoms with E-state index in [0.717, 1.165) is 0 Å². The van der Waals surface area contributed by atoms with Crippen LogP contribution in [0.3, 0.4) is 0 Å². The number of rotatable bonds is 0. The molecule has 0 aliphatic rings. The van der Waals surface area contributed by atoms with Crippen LogP contribution in [0, 0.1) is 22.7 Å². The summed E-state index contributed by atoms with van der Waals surface area (Å²) in [7, 11) is 0. The van der Waals surface area contributed by atoms with E-state index in [2.05, 4.69) is 0 Å². The topological polar surface area (TPSA) is 82.6 Å². The first-order valence-electron chi connectivity index (χ1n) is 1.35. The van der Waals surface area contributed by atoms with Crippen LogP contribution in [0.25, 0.3) is 0 Å². The second-order valence-electron chi connectivity index (χ2n) is 0.471. The van der Waals surface area contributed by atoms with E-state index in [4.69, 9.17) is 45.3 Å². The first-order valence-corrected chi connectivity index (χ1v) is 2.66. The first-order chi connectivity index (χ1) is 3.65. The van der Waals surface area contributed by atoms with Gasteiger partial charge in [0.2, 0.25) is 0 Å². The van der Waals surface area contributed by atoms with Crippen LogP contribution >= 0.6 is 48.3 Å². The third-order valence-electron chi connectivity index (χ3n) is 0.0500. The van der Waals surface area contributed by atoms with E-state index in [9.17, 15) is 0 Å². The van der Waals surface area contributed by atoms with Gasteiger partial charge in [0.05, 0.1) is 0 Å². The Balaban J connectivity index is -0.0000000171. The molecular weight excluding hydrogens is 272 g/mol. The predicted molar refractivity (Wildman–Crippen MR) is 48.0 cm³/mol. The van der Waals surface area contributed by atoms with Crippen LogP contribution in [0.1, 0.15) is 0 Å². The van der Waals surface area contributed by atoms with Crippen LogP contribution in [0.5, 0.6) is 0 Å². The molecule has 3 N–H and O–H groups in total. The minimum atomic E-state index is -0.750. The standard InChI is InChI=1S/C2N2.CHCl3.Fe.H3N.H2S/c3-1-2-4;2-1(3)4;;;/h;1H;;1H3;1H2. The maximum atomic E-state index is 7.26. The molecule has 0 saturated heterocycles. The summed E-state index contributed by atoms with van der Waals surface area (Å²) >= 11 is 14.4. The van der Waals surface area contributed by atoms with Crippen LogP contribution in [0.4, 0.5) is 0 Å². The normalized spacial score (nSPS) is 4.18. The molecule has 0 saturated carbocycles. The fourth-order valence-corrected chi connectivity index (χ4v) is 0. The van der Waals surface area contributed by atoms with Crippen molar-refractivity contribution in [3.63, 3.8) is 0 Å². The molecule has 0 heterocycles. The van der Waals surface area contributed by atoms with E-state index >= 15 is 0 Å². The van der Waals surface area contributed by atoms with Gasteiger partial charge in [-0.25, -0.2) is 0 Å². The molecule has 0 rings (SSSR count). The maximum absolute atomic E-state index is 7.26. The van der Waals surface area contributed by atoms with Crippen molar-refractivity contribution in [2.45, 2.75) is 4.30 Å². The van der Waals surface area contributed by atoms with Gasteiger partial charge in [0, 0.05) is 17.1 Å². The van der Waals surface area contributed by atoms with E-state index in [1.54, 1.807) is 0 Å². The summed E-state index contributed by atoms with van der Waals surface area (Å²) in [6, 6.07) is 2.47. The minimum Gasteiger partial charge on any atom is -0.344 e. The summed E-state index contributed by atoms with van der Waals surface area (Å²) < 4.78 is -0.750. The van der Waals surface area contributed by atoms with Gasteiger partial charge >= 0.3 is 0 Å². The van der Waals surface area contributed by atoms with Crippen LogP contribution in [0.15, 0.2) is 0 Å². The largest absolute Gasteiger partial charge is 0.344 e. The van der Waals surface area contributed by atoms with Gasteiger partial charge < -0.3 is 6.15 Å². The van der Waals surface area contributed by atoms with Gasteiger partial charge in [0.1, 0.15) is 0 Å². The maximum Gasteiger partial charge on any atom is 0.181 e. The second kappa shape index (κ2) is 31.0. The molecule has 11 heavy (non-hydrogen) atoms. The molecule has 0 fully saturated rings. The van der Waals surface area contributed by atoms with Crippen molar-refractivity contribution < 1.29 is 17.1 Å². The minimum absolute atomic E-state index is 0. The zero-order valence-corrected chi connectivity index (χ0v) is 9.54. The predicted octanol–water partition coefficient (Wildman–Crippen LogP) is 2.29. The van der Waals surface area contributed by atoms with Crippen LogP contribution in [-0.2, 0) is 17.1 Å². The molecule has 0 aliphatic heterocycles. The molecule has 0 unspecified atom stereocenters. The number of nitriles is 2. The third kappa shape index (κ3) is 285. The summed E-state index contributed by atoms with van der Waals surface area (Å²) in [6.45, 7) is 0. The fourth-order valence-electron chi connectivity index (χ4n) is 0. The monoisotopic (exact) mass is 277 g/mol. The summed E-state index contributed by atoms with van der Waals surface area (Å²) in [5.41, 5.74) is 0. The number of alkyl halides is 3. The zero-order valence-electron chi connectivity index (χ0n) is 5.17. The van der Waals surface area contributed by atoms with Crippen LogP contribution in [-0.4, -0.2) is 4.30 Å². The molecule has 68 valence electrons. The van der Waals surface area contributed by atoms with Gasteiger partial charge in [0.25, 0.3) is 0 Å². The van der Waals surface area contributed by atoms with Crippen molar-refractivity contribution in [1.82, 2.24) is 6.15 Å². The fraction of sp³-hybridized carbons (Fsp3) is 0.333. The van der Waals surface area contributed by atoms with Crippen LogP contribution < -0.4 is 6.15 Å². The summed E-state index contributed by atoms with van der Waals surface area (Å²) in [5.74, 6) is 0. The second-order valence-corrected chi connectivity index (χ2v) is 2.45. The summed E-state index contributed by atoms with van der Waals surface area (Å²) in [6.07, 6.45) is 0. The number of halogens is 3. The van der Waals surface area contributed by atoms with Crippen molar-refractivity contribution in [3.8, 4) is 12.1 Å². The molecule has 0 aliphatic carbocycles. The Hall–Kier alpha value is 0.679. The average molecular weight is 278 g/mol. The quantitative estimate of drug-likeness (QED) is 0.545. The first kappa shape index (κ1) is 29.9. The Kier molecular flexibility index (Phi) is 84.2. The molecule has 0 aromatic carbocycles. The van der Waals surface area contributed by atoms with Gasteiger partial charge in [-0.05, 0) is 0 Å². The zero-order chi connectivity index (χ0) is 6.99. The molecule has 0 aromatic heterocycles. The molecule has 0 radical (unpaired) electrons. The van der Waals surface area contributed by atoms with E-state index < -0.39 is 4.30 Å². The summed E-state index contributed by atoms with van der Waals surface area (Å²) in [4.78, 5) is 0. The van der Waals surface area contributed by atoms with E-state index in [1.165, 1.54) is 12.1 Å². The van der Waals surface area contributed by atoms with Crippen molar-refractivity contribution in [3.05, 3.63) is 0 Å². The Morgan fingerprint density at radius 2 is 1.09 bits per heavy atom. The van der Waals surface area contributed by atoms with E-state index in [1.807, 2.05) is 0 Å². The third-order valence-corrected chi connectivity index (χ3v) is 0.0500. The average Bonchev–Trinajstić information content (AvgIpc) is 1.65. The van der Waals surface area contributed by atoms with Gasteiger partial charge in [-0.1, -0.05) is 34.8 Å². The Morgan fingerprint density at radius 1 is 1.00 bits per heavy atom. The van der Waals surface area contributed by atoms with Gasteiger partial charge in [0.15, 0.2) is 16.4 Å². The Bertz CT molecular complexity index is 105. The van der Waals surface area contributed by atoms with Crippen molar-refractivity contribution in [1.29, 1.82) is 10.5 Å². The summed E-state index contributed by atoms with van der Waals surface area (Å²) in [5, 5.41) is 14.5. The van der Waals surface area contributed by atoms with E-state index in [0.29, 0.717) is 0 Å². The molecule has 0 bridgehead atoms. The SMILES string of the molecule is ClC(Cl)Cl.N.N#CC#N.S.[Fe]. The molecule has 0 aromatic rings. The number of nitrogens with zero attached hydrogens (tertiary/aromatic N) is 2. The van der Waals surface area contributed by atoms with Gasteiger partial charge in [-0.15, -0.1) is 0 Å². The number of hydrogen-bond donors (Lipinski definition) is 1. The van der Waals surface area contributed by atoms with Crippen molar-refractivity contribution >= 4 is 48.3 Å². The van der Waals surface area contributed by atoms with Gasteiger partial charge in [-0.3, -0.25) is 0 Å². The number of hydrogen-bond acceptors (Lipinski definition) is 3. The molecular formula is C3H6Cl3FeN3S. The Morgan fingerprint density at radius 3 is 1.09 bits per heavy atom. The Labute approximate surface area is 98.1 Å². The molecule has 0 spiro atoms. The smallest absolute Gasteiger partial charge is 0.181 e.